The molecule has 0 unspecified atom stereocenters. The zero-order chi connectivity index (χ0) is 25.1. The third kappa shape index (κ3) is 5.30. The van der Waals surface area contributed by atoms with Crippen molar-refractivity contribution in [3.05, 3.63) is 111 Å². The largest absolute Gasteiger partial charge is 0.490 e. The second kappa shape index (κ2) is 10.6. The van der Waals surface area contributed by atoms with Crippen molar-refractivity contribution in [1.29, 1.82) is 0 Å². The van der Waals surface area contributed by atoms with Crippen molar-refractivity contribution in [3.8, 4) is 11.5 Å². The molecular weight excluding hydrogens is 542 g/mol. The van der Waals surface area contributed by atoms with E-state index in [1.807, 2.05) is 85.8 Å². The summed E-state index contributed by atoms with van der Waals surface area (Å²) in [6.45, 7) is 2.70. The Balaban J connectivity index is 1.42. The van der Waals surface area contributed by atoms with Gasteiger partial charge in [-0.15, -0.1) is 0 Å². The highest BCUT2D eigenvalue weighted by molar-refractivity contribution is 9.10. The average Bonchev–Trinajstić information content (AvgIpc) is 3.24. The second-order valence-corrected chi connectivity index (χ2v) is 9.37. The van der Waals surface area contributed by atoms with Gasteiger partial charge in [0.05, 0.1) is 11.1 Å². The third-order valence-corrected chi connectivity index (χ3v) is 6.39. The number of carbonyl (C=O) groups is 1. The first kappa shape index (κ1) is 24.1. The predicted molar refractivity (Wildman–Crippen MR) is 146 cm³/mol. The molecule has 0 aromatic heterocycles. The minimum atomic E-state index is -0.504. The molecule has 0 bridgehead atoms. The number of esters is 1. The zero-order valence-corrected chi connectivity index (χ0v) is 21.7. The molecule has 0 saturated heterocycles. The molecule has 1 aliphatic rings. The number of hydrogen-bond acceptors (Lipinski definition) is 5. The number of cyclic esters (lactones) is 1. The van der Waals surface area contributed by atoms with Crippen LogP contribution in [-0.2, 0) is 16.1 Å². The zero-order valence-electron chi connectivity index (χ0n) is 19.3. The molecule has 180 valence electrons. The van der Waals surface area contributed by atoms with Crippen molar-refractivity contribution in [3.63, 3.8) is 0 Å². The molecule has 0 saturated carbocycles. The standard InChI is InChI=1S/C29H21BrClNO4/c1-2-34-26-15-19(13-24(30)27(26)35-17-18-7-11-23(31)12-8-18)14-25-29(33)36-28(32-25)22-10-9-20-5-3-4-6-21(20)16-22/h3-16H,2,17H2,1H3/b25-14-. The summed E-state index contributed by atoms with van der Waals surface area (Å²) in [7, 11) is 0. The molecule has 0 N–H and O–H groups in total. The van der Waals surface area contributed by atoms with Gasteiger partial charge in [0.1, 0.15) is 6.61 Å². The van der Waals surface area contributed by atoms with Gasteiger partial charge in [-0.1, -0.05) is 54.1 Å². The Morgan fingerprint density at radius 2 is 1.75 bits per heavy atom. The van der Waals surface area contributed by atoms with E-state index in [4.69, 9.17) is 25.8 Å². The SMILES string of the molecule is CCOc1cc(/C=C2\N=C(c3ccc4ccccc4c3)OC2=O)cc(Br)c1OCc1ccc(Cl)cc1. The molecule has 0 radical (unpaired) electrons. The van der Waals surface area contributed by atoms with Crippen molar-refractivity contribution >= 4 is 56.2 Å². The second-order valence-electron chi connectivity index (χ2n) is 8.08. The first-order chi connectivity index (χ1) is 17.5. The van der Waals surface area contributed by atoms with Gasteiger partial charge in [-0.2, -0.15) is 0 Å². The van der Waals surface area contributed by atoms with E-state index in [0.29, 0.717) is 34.2 Å². The minimum absolute atomic E-state index is 0.210. The molecule has 0 atom stereocenters. The Hall–Kier alpha value is -3.61. The van der Waals surface area contributed by atoms with E-state index in [1.165, 1.54) is 0 Å². The molecule has 4 aromatic rings. The quantitative estimate of drug-likeness (QED) is 0.172. The van der Waals surface area contributed by atoms with Crippen LogP contribution in [-0.4, -0.2) is 18.5 Å². The normalized spacial score (nSPS) is 14.1. The van der Waals surface area contributed by atoms with Gasteiger partial charge >= 0.3 is 5.97 Å². The molecule has 5 rings (SSSR count). The highest BCUT2D eigenvalue weighted by Gasteiger charge is 2.25. The fourth-order valence-electron chi connectivity index (χ4n) is 3.82. The summed E-state index contributed by atoms with van der Waals surface area (Å²) in [6.07, 6.45) is 1.67. The number of fused-ring (bicyclic) bond motifs is 1. The summed E-state index contributed by atoms with van der Waals surface area (Å²) in [5.41, 5.74) is 2.65. The molecule has 0 fully saturated rings. The van der Waals surface area contributed by atoms with Gasteiger partial charge in [-0.25, -0.2) is 9.79 Å². The fourth-order valence-corrected chi connectivity index (χ4v) is 4.52. The lowest BCUT2D eigenvalue weighted by Gasteiger charge is -2.15. The van der Waals surface area contributed by atoms with Crippen LogP contribution in [0.1, 0.15) is 23.6 Å². The first-order valence-corrected chi connectivity index (χ1v) is 12.5. The van der Waals surface area contributed by atoms with Crippen LogP contribution < -0.4 is 9.47 Å². The molecule has 1 aliphatic heterocycles. The number of ether oxygens (including phenoxy) is 3. The van der Waals surface area contributed by atoms with E-state index in [9.17, 15) is 4.79 Å². The number of carbonyl (C=O) groups excluding carboxylic acids is 1. The lowest BCUT2D eigenvalue weighted by molar-refractivity contribution is -0.129. The summed E-state index contributed by atoms with van der Waals surface area (Å²) in [6, 6.07) is 25.0. The van der Waals surface area contributed by atoms with Crippen LogP contribution in [0.5, 0.6) is 11.5 Å². The highest BCUT2D eigenvalue weighted by atomic mass is 79.9. The van der Waals surface area contributed by atoms with Crippen molar-refractivity contribution in [2.45, 2.75) is 13.5 Å². The van der Waals surface area contributed by atoms with Crippen molar-refractivity contribution in [2.75, 3.05) is 6.61 Å². The van der Waals surface area contributed by atoms with Gasteiger partial charge in [0.15, 0.2) is 17.2 Å². The summed E-state index contributed by atoms with van der Waals surface area (Å²) in [4.78, 5) is 17.0. The minimum Gasteiger partial charge on any atom is -0.490 e. The Labute approximate surface area is 222 Å². The van der Waals surface area contributed by atoms with E-state index in [1.54, 1.807) is 6.08 Å². The van der Waals surface area contributed by atoms with E-state index in [-0.39, 0.29) is 11.6 Å². The topological polar surface area (TPSA) is 57.1 Å². The molecule has 0 spiro atoms. The van der Waals surface area contributed by atoms with Gasteiger partial charge in [-0.3, -0.25) is 0 Å². The summed E-state index contributed by atoms with van der Waals surface area (Å²) in [5, 5.41) is 2.82. The summed E-state index contributed by atoms with van der Waals surface area (Å²) < 4.78 is 18.0. The Morgan fingerprint density at radius 3 is 2.53 bits per heavy atom. The number of hydrogen-bond donors (Lipinski definition) is 0. The van der Waals surface area contributed by atoms with E-state index in [2.05, 4.69) is 20.9 Å². The molecule has 0 aliphatic carbocycles. The van der Waals surface area contributed by atoms with Gasteiger partial charge in [0.25, 0.3) is 0 Å². The lowest BCUT2D eigenvalue weighted by atomic mass is 10.1. The summed E-state index contributed by atoms with van der Waals surface area (Å²) >= 11 is 9.55. The molecule has 7 heteroatoms. The van der Waals surface area contributed by atoms with Gasteiger partial charge in [-0.05, 0) is 87.2 Å². The van der Waals surface area contributed by atoms with Crippen LogP contribution in [0.15, 0.2) is 94.0 Å². The third-order valence-electron chi connectivity index (χ3n) is 5.55. The maximum atomic E-state index is 12.6. The van der Waals surface area contributed by atoms with Crippen molar-refractivity contribution in [1.82, 2.24) is 0 Å². The Bertz CT molecular complexity index is 1510. The Morgan fingerprint density at radius 1 is 0.972 bits per heavy atom. The number of aliphatic imine (C=N–C) groups is 1. The fraction of sp³-hybridized carbons (Fsp3) is 0.103. The monoisotopic (exact) mass is 561 g/mol. The van der Waals surface area contributed by atoms with Crippen LogP contribution in [0.25, 0.3) is 16.8 Å². The maximum absolute atomic E-state index is 12.6. The van der Waals surface area contributed by atoms with Gasteiger partial charge < -0.3 is 14.2 Å². The molecular formula is C29H21BrClNO4. The van der Waals surface area contributed by atoms with Crippen LogP contribution in [0.4, 0.5) is 0 Å². The summed E-state index contributed by atoms with van der Waals surface area (Å²) in [5.74, 6) is 0.903. The van der Waals surface area contributed by atoms with E-state index < -0.39 is 5.97 Å². The Kier molecular flexibility index (Phi) is 7.07. The lowest BCUT2D eigenvalue weighted by Crippen LogP contribution is -2.05. The highest BCUT2D eigenvalue weighted by Crippen LogP contribution is 2.38. The van der Waals surface area contributed by atoms with Gasteiger partial charge in [0.2, 0.25) is 5.90 Å². The van der Waals surface area contributed by atoms with Crippen molar-refractivity contribution in [2.24, 2.45) is 4.99 Å². The predicted octanol–water partition coefficient (Wildman–Crippen LogP) is 7.58. The number of nitrogens with zero attached hydrogens (tertiary/aromatic N) is 1. The van der Waals surface area contributed by atoms with Crippen LogP contribution in [0.2, 0.25) is 5.02 Å². The maximum Gasteiger partial charge on any atom is 0.363 e. The van der Waals surface area contributed by atoms with Crippen molar-refractivity contribution < 1.29 is 19.0 Å². The van der Waals surface area contributed by atoms with E-state index in [0.717, 1.165) is 27.5 Å². The molecule has 1 heterocycles. The molecule has 0 amide bonds. The number of benzene rings is 4. The molecule has 5 nitrogen and oxygen atoms in total. The van der Waals surface area contributed by atoms with Crippen LogP contribution >= 0.6 is 27.5 Å². The van der Waals surface area contributed by atoms with Crippen LogP contribution in [0.3, 0.4) is 0 Å². The number of halogens is 2. The first-order valence-electron chi connectivity index (χ1n) is 11.4. The van der Waals surface area contributed by atoms with Gasteiger partial charge in [0, 0.05) is 10.6 Å². The van der Waals surface area contributed by atoms with Crippen LogP contribution in [0, 0.1) is 0 Å². The molecule has 36 heavy (non-hydrogen) atoms. The number of rotatable bonds is 7. The average molecular weight is 563 g/mol. The van der Waals surface area contributed by atoms with E-state index >= 15 is 0 Å². The molecule has 4 aromatic carbocycles. The smallest absolute Gasteiger partial charge is 0.363 e.